The summed E-state index contributed by atoms with van der Waals surface area (Å²) < 4.78 is 5.77. The first-order valence-corrected chi connectivity index (χ1v) is 9.58. The highest BCUT2D eigenvalue weighted by atomic mass is 16.5. The van der Waals surface area contributed by atoms with Crippen LogP contribution in [0.2, 0.25) is 0 Å². The van der Waals surface area contributed by atoms with E-state index < -0.39 is 5.60 Å². The van der Waals surface area contributed by atoms with Gasteiger partial charge in [0.05, 0.1) is 12.2 Å². The number of nitrogens with zero attached hydrogens (tertiary/aromatic N) is 3. The standard InChI is InChI=1S/C20H30N4O2/c1-3-11-24(19(25)20(2)16-22-10-13-26-20)12-6-4-5-7-18-9-8-17(14-21)15-23-18/h8-9,15,22H,3-7,10-13,16H2,1-2H3. The maximum atomic E-state index is 12.9. The van der Waals surface area contributed by atoms with Crippen LogP contribution in [0.1, 0.15) is 50.8 Å². The number of hydrogen-bond acceptors (Lipinski definition) is 5. The molecule has 0 radical (unpaired) electrons. The van der Waals surface area contributed by atoms with E-state index >= 15 is 0 Å². The van der Waals surface area contributed by atoms with Crippen molar-refractivity contribution in [2.24, 2.45) is 0 Å². The zero-order valence-corrected chi connectivity index (χ0v) is 16.0. The molecule has 1 aromatic heterocycles. The topological polar surface area (TPSA) is 78.2 Å². The zero-order chi connectivity index (χ0) is 18.8. The van der Waals surface area contributed by atoms with Crippen molar-refractivity contribution in [3.8, 4) is 6.07 Å². The Labute approximate surface area is 156 Å². The van der Waals surface area contributed by atoms with Crippen LogP contribution in [0.15, 0.2) is 18.3 Å². The number of morpholine rings is 1. The molecule has 6 heteroatoms. The van der Waals surface area contributed by atoms with Crippen LogP contribution < -0.4 is 5.32 Å². The SMILES string of the molecule is CCCN(CCCCCc1ccc(C#N)cn1)C(=O)C1(C)CNCCO1. The van der Waals surface area contributed by atoms with E-state index in [0.29, 0.717) is 18.7 Å². The van der Waals surface area contributed by atoms with Crippen LogP contribution in [0.25, 0.3) is 0 Å². The zero-order valence-electron chi connectivity index (χ0n) is 16.0. The van der Waals surface area contributed by atoms with Gasteiger partial charge in [-0.2, -0.15) is 5.26 Å². The summed E-state index contributed by atoms with van der Waals surface area (Å²) in [7, 11) is 0. The summed E-state index contributed by atoms with van der Waals surface area (Å²) in [5, 5.41) is 12.0. The number of aryl methyl sites for hydroxylation is 1. The van der Waals surface area contributed by atoms with Crippen molar-refractivity contribution in [1.82, 2.24) is 15.2 Å². The lowest BCUT2D eigenvalue weighted by molar-refractivity contribution is -0.159. The third kappa shape index (κ3) is 5.79. The first-order chi connectivity index (χ1) is 12.6. The number of amides is 1. The Morgan fingerprint density at radius 1 is 1.38 bits per heavy atom. The second-order valence-electron chi connectivity index (χ2n) is 7.01. The van der Waals surface area contributed by atoms with E-state index in [4.69, 9.17) is 10.00 Å². The van der Waals surface area contributed by atoms with Crippen molar-refractivity contribution in [3.63, 3.8) is 0 Å². The van der Waals surface area contributed by atoms with Gasteiger partial charge >= 0.3 is 0 Å². The quantitative estimate of drug-likeness (QED) is 0.685. The fraction of sp³-hybridized carbons (Fsp3) is 0.650. The number of nitriles is 1. The lowest BCUT2D eigenvalue weighted by Gasteiger charge is -2.37. The fourth-order valence-corrected chi connectivity index (χ4v) is 3.21. The van der Waals surface area contributed by atoms with Gasteiger partial charge in [0.25, 0.3) is 5.91 Å². The molecule has 1 atom stereocenters. The normalized spacial score (nSPS) is 19.7. The Morgan fingerprint density at radius 3 is 2.85 bits per heavy atom. The van der Waals surface area contributed by atoms with Crippen molar-refractivity contribution in [2.45, 2.75) is 51.6 Å². The van der Waals surface area contributed by atoms with Crippen LogP contribution in [-0.4, -0.2) is 54.2 Å². The van der Waals surface area contributed by atoms with Gasteiger partial charge in [0, 0.05) is 38.1 Å². The Balaban J connectivity index is 1.75. The first-order valence-electron chi connectivity index (χ1n) is 9.58. The van der Waals surface area contributed by atoms with E-state index in [-0.39, 0.29) is 5.91 Å². The molecule has 26 heavy (non-hydrogen) atoms. The highest BCUT2D eigenvalue weighted by Gasteiger charge is 2.38. The minimum atomic E-state index is -0.736. The predicted octanol–water partition coefficient (Wildman–Crippen LogP) is 2.28. The minimum Gasteiger partial charge on any atom is -0.363 e. The van der Waals surface area contributed by atoms with Gasteiger partial charge in [-0.25, -0.2) is 0 Å². The van der Waals surface area contributed by atoms with Gasteiger partial charge in [-0.15, -0.1) is 0 Å². The second-order valence-corrected chi connectivity index (χ2v) is 7.01. The van der Waals surface area contributed by atoms with Crippen LogP contribution in [0.5, 0.6) is 0 Å². The van der Waals surface area contributed by atoms with Crippen molar-refractivity contribution in [1.29, 1.82) is 5.26 Å². The molecular weight excluding hydrogens is 328 g/mol. The van der Waals surface area contributed by atoms with Crippen LogP contribution >= 0.6 is 0 Å². The largest absolute Gasteiger partial charge is 0.363 e. The summed E-state index contributed by atoms with van der Waals surface area (Å²) in [6.07, 6.45) is 6.53. The van der Waals surface area contributed by atoms with Gasteiger partial charge in [0.2, 0.25) is 0 Å². The number of ether oxygens (including phenoxy) is 1. The molecule has 0 aliphatic carbocycles. The summed E-state index contributed by atoms with van der Waals surface area (Å²) in [5.74, 6) is 0.0975. The molecular formula is C20H30N4O2. The maximum absolute atomic E-state index is 12.9. The maximum Gasteiger partial charge on any atom is 0.255 e. The molecule has 0 aromatic carbocycles. The number of aromatic nitrogens is 1. The van der Waals surface area contributed by atoms with E-state index in [2.05, 4.69) is 23.3 Å². The summed E-state index contributed by atoms with van der Waals surface area (Å²) in [6, 6.07) is 5.81. The molecule has 1 aliphatic heterocycles. The van der Waals surface area contributed by atoms with E-state index in [1.54, 1.807) is 6.20 Å². The highest BCUT2D eigenvalue weighted by Crippen LogP contribution is 2.17. The molecule has 142 valence electrons. The molecule has 1 fully saturated rings. The molecule has 0 spiro atoms. The molecule has 1 aromatic rings. The molecule has 2 rings (SSSR count). The van der Waals surface area contributed by atoms with Gasteiger partial charge in [0.1, 0.15) is 6.07 Å². The molecule has 6 nitrogen and oxygen atoms in total. The third-order valence-electron chi connectivity index (χ3n) is 4.71. The number of hydrogen-bond donors (Lipinski definition) is 1. The Morgan fingerprint density at radius 2 is 2.23 bits per heavy atom. The predicted molar refractivity (Wildman–Crippen MR) is 101 cm³/mol. The molecule has 1 N–H and O–H groups in total. The Kier molecular flexibility index (Phi) is 8.02. The van der Waals surface area contributed by atoms with E-state index in [0.717, 1.165) is 57.4 Å². The van der Waals surface area contributed by atoms with E-state index in [9.17, 15) is 4.79 Å². The van der Waals surface area contributed by atoms with Crippen LogP contribution in [0.4, 0.5) is 0 Å². The smallest absolute Gasteiger partial charge is 0.255 e. The average Bonchev–Trinajstić information content (AvgIpc) is 2.67. The summed E-state index contributed by atoms with van der Waals surface area (Å²) >= 11 is 0. The summed E-state index contributed by atoms with van der Waals surface area (Å²) in [6.45, 7) is 7.50. The van der Waals surface area contributed by atoms with Gasteiger partial charge in [-0.3, -0.25) is 9.78 Å². The lowest BCUT2D eigenvalue weighted by Crippen LogP contribution is -2.58. The van der Waals surface area contributed by atoms with Crippen LogP contribution in [-0.2, 0) is 16.0 Å². The number of carbonyl (C=O) groups is 1. The van der Waals surface area contributed by atoms with Crippen LogP contribution in [0, 0.1) is 11.3 Å². The average molecular weight is 358 g/mol. The summed E-state index contributed by atoms with van der Waals surface area (Å²) in [4.78, 5) is 19.1. The molecule has 0 saturated carbocycles. The molecule has 0 bridgehead atoms. The number of carbonyl (C=O) groups excluding carboxylic acids is 1. The van der Waals surface area contributed by atoms with Crippen molar-refractivity contribution < 1.29 is 9.53 Å². The first kappa shape index (κ1) is 20.3. The van der Waals surface area contributed by atoms with Crippen molar-refractivity contribution in [2.75, 3.05) is 32.8 Å². The van der Waals surface area contributed by atoms with Gasteiger partial charge in [-0.1, -0.05) is 13.3 Å². The Bertz CT molecular complexity index is 603. The van der Waals surface area contributed by atoms with Crippen molar-refractivity contribution >= 4 is 5.91 Å². The van der Waals surface area contributed by atoms with Crippen LogP contribution in [0.3, 0.4) is 0 Å². The number of unbranched alkanes of at least 4 members (excludes halogenated alkanes) is 2. The minimum absolute atomic E-state index is 0.0975. The highest BCUT2D eigenvalue weighted by molar-refractivity contribution is 5.85. The number of nitrogens with one attached hydrogen (secondary N) is 1. The third-order valence-corrected chi connectivity index (χ3v) is 4.71. The van der Waals surface area contributed by atoms with Gasteiger partial charge < -0.3 is 15.0 Å². The molecule has 1 saturated heterocycles. The summed E-state index contributed by atoms with van der Waals surface area (Å²) in [5.41, 5.74) is 0.870. The second kappa shape index (κ2) is 10.2. The lowest BCUT2D eigenvalue weighted by atomic mass is 10.0. The Hall–Kier alpha value is -1.97. The van der Waals surface area contributed by atoms with E-state index in [1.165, 1.54) is 0 Å². The molecule has 1 unspecified atom stereocenters. The number of rotatable bonds is 9. The monoisotopic (exact) mass is 358 g/mol. The van der Waals surface area contributed by atoms with E-state index in [1.807, 2.05) is 24.0 Å². The van der Waals surface area contributed by atoms with Gasteiger partial charge in [-0.05, 0) is 44.7 Å². The van der Waals surface area contributed by atoms with Gasteiger partial charge in [0.15, 0.2) is 5.60 Å². The van der Waals surface area contributed by atoms with Crippen molar-refractivity contribution in [3.05, 3.63) is 29.6 Å². The molecule has 2 heterocycles. The molecule has 1 aliphatic rings. The fourth-order valence-electron chi connectivity index (χ4n) is 3.21. The number of pyridine rings is 1. The molecule has 1 amide bonds.